The van der Waals surface area contributed by atoms with Crippen molar-refractivity contribution < 1.29 is 18.6 Å². The summed E-state index contributed by atoms with van der Waals surface area (Å²) in [6.07, 6.45) is 3.20. The van der Waals surface area contributed by atoms with E-state index in [1.807, 2.05) is 33.0 Å². The Morgan fingerprint density at radius 3 is 2.68 bits per heavy atom. The van der Waals surface area contributed by atoms with E-state index in [1.165, 1.54) is 19.2 Å². The van der Waals surface area contributed by atoms with Crippen molar-refractivity contribution in [2.75, 3.05) is 37.0 Å². The standard InChI is InChI=1S/C25H31F2N5O2/c1-16(18-6-5-7-19(12-18)25(26,27)15-34-4)29-23-21-13-20(14-28-22(21)17(2)30-31-23)32-10-8-24(3,33)9-11-32/h5-7,12-14,16,33H,8-11,15H2,1-4H3,(H,29,31)/t16-/m1/s1. The van der Waals surface area contributed by atoms with Crippen LogP contribution < -0.4 is 10.2 Å². The Balaban J connectivity index is 1.62. The Labute approximate surface area is 198 Å². The molecule has 1 aromatic carbocycles. The van der Waals surface area contributed by atoms with Gasteiger partial charge in [-0.15, -0.1) is 5.10 Å². The molecule has 0 bridgehead atoms. The molecule has 1 fully saturated rings. The van der Waals surface area contributed by atoms with Crippen LogP contribution in [-0.2, 0) is 10.7 Å². The van der Waals surface area contributed by atoms with Crippen LogP contribution in [0.3, 0.4) is 0 Å². The fourth-order valence-corrected chi connectivity index (χ4v) is 4.26. The number of hydrogen-bond donors (Lipinski definition) is 2. The van der Waals surface area contributed by atoms with E-state index in [2.05, 4.69) is 30.1 Å². The van der Waals surface area contributed by atoms with Crippen molar-refractivity contribution in [3.63, 3.8) is 0 Å². The molecule has 0 unspecified atom stereocenters. The third kappa shape index (κ3) is 5.10. The lowest BCUT2D eigenvalue weighted by Crippen LogP contribution is -2.42. The van der Waals surface area contributed by atoms with Crippen LogP contribution in [0.15, 0.2) is 36.5 Å². The number of rotatable bonds is 7. The largest absolute Gasteiger partial charge is 0.390 e. The molecule has 0 amide bonds. The van der Waals surface area contributed by atoms with Gasteiger partial charge in [-0.3, -0.25) is 4.98 Å². The Morgan fingerprint density at radius 1 is 1.24 bits per heavy atom. The number of methoxy groups -OCH3 is 1. The molecule has 7 nitrogen and oxygen atoms in total. The highest BCUT2D eigenvalue weighted by Crippen LogP contribution is 2.33. The van der Waals surface area contributed by atoms with Gasteiger partial charge in [0, 0.05) is 31.1 Å². The number of aryl methyl sites for hydroxylation is 1. The molecule has 1 atom stereocenters. The maximum Gasteiger partial charge on any atom is 0.296 e. The molecule has 0 spiro atoms. The van der Waals surface area contributed by atoms with Crippen molar-refractivity contribution in [1.29, 1.82) is 0 Å². The van der Waals surface area contributed by atoms with Crippen molar-refractivity contribution in [2.24, 2.45) is 0 Å². The lowest BCUT2D eigenvalue weighted by Gasteiger charge is -2.37. The molecule has 2 aromatic heterocycles. The predicted octanol–water partition coefficient (Wildman–Crippen LogP) is 4.60. The number of ether oxygens (including phenoxy) is 1. The van der Waals surface area contributed by atoms with Gasteiger partial charge >= 0.3 is 0 Å². The van der Waals surface area contributed by atoms with E-state index in [9.17, 15) is 13.9 Å². The first-order valence-corrected chi connectivity index (χ1v) is 11.4. The highest BCUT2D eigenvalue weighted by atomic mass is 19.3. The number of nitrogens with zero attached hydrogens (tertiary/aromatic N) is 4. The minimum absolute atomic E-state index is 0.0923. The number of aromatic nitrogens is 3. The predicted molar refractivity (Wildman–Crippen MR) is 128 cm³/mol. The minimum atomic E-state index is -3.07. The first-order chi connectivity index (χ1) is 16.1. The van der Waals surface area contributed by atoms with E-state index in [1.54, 1.807) is 12.1 Å². The van der Waals surface area contributed by atoms with Crippen molar-refractivity contribution in [3.05, 3.63) is 53.3 Å². The normalized spacial score (nSPS) is 17.1. The van der Waals surface area contributed by atoms with Gasteiger partial charge in [-0.25, -0.2) is 0 Å². The SMILES string of the molecule is COCC(F)(F)c1cccc([C@@H](C)Nc2nnc(C)c3ncc(N4CCC(C)(O)CC4)cc23)c1. The Bertz CT molecular complexity index is 1160. The van der Waals surface area contributed by atoms with Gasteiger partial charge in [-0.05, 0) is 51.3 Å². The molecule has 1 aliphatic rings. The summed E-state index contributed by atoms with van der Waals surface area (Å²) in [7, 11) is 1.26. The highest BCUT2D eigenvalue weighted by Gasteiger charge is 2.32. The summed E-state index contributed by atoms with van der Waals surface area (Å²) in [4.78, 5) is 6.84. The second-order valence-electron chi connectivity index (χ2n) is 9.34. The molecule has 4 rings (SSSR count). The van der Waals surface area contributed by atoms with Crippen molar-refractivity contribution in [1.82, 2.24) is 15.2 Å². The van der Waals surface area contributed by atoms with Gasteiger partial charge in [-0.1, -0.05) is 18.2 Å². The van der Waals surface area contributed by atoms with E-state index in [0.717, 1.165) is 29.7 Å². The molecule has 0 aliphatic carbocycles. The number of aliphatic hydroxyl groups is 1. The number of pyridine rings is 1. The van der Waals surface area contributed by atoms with Crippen molar-refractivity contribution in [3.8, 4) is 0 Å². The summed E-state index contributed by atoms with van der Waals surface area (Å²) in [5.41, 5.74) is 2.36. The first kappa shape index (κ1) is 24.2. The fourth-order valence-electron chi connectivity index (χ4n) is 4.26. The number of hydrogen-bond acceptors (Lipinski definition) is 7. The Hall–Kier alpha value is -2.91. The topological polar surface area (TPSA) is 83.4 Å². The van der Waals surface area contributed by atoms with E-state index < -0.39 is 18.1 Å². The lowest BCUT2D eigenvalue weighted by molar-refractivity contribution is -0.0698. The molecule has 3 aromatic rings. The Kier molecular flexibility index (Phi) is 6.69. The number of nitrogens with one attached hydrogen (secondary N) is 1. The number of alkyl halides is 2. The average molecular weight is 472 g/mol. The third-order valence-corrected chi connectivity index (χ3v) is 6.46. The Morgan fingerprint density at radius 2 is 1.97 bits per heavy atom. The zero-order chi connectivity index (χ0) is 24.5. The number of fused-ring (bicyclic) bond motifs is 1. The van der Waals surface area contributed by atoms with E-state index in [-0.39, 0.29) is 11.6 Å². The highest BCUT2D eigenvalue weighted by molar-refractivity contribution is 5.92. The molecule has 0 radical (unpaired) electrons. The average Bonchev–Trinajstić information content (AvgIpc) is 2.81. The van der Waals surface area contributed by atoms with E-state index in [4.69, 9.17) is 0 Å². The summed E-state index contributed by atoms with van der Waals surface area (Å²) in [6.45, 7) is 6.41. The summed E-state index contributed by atoms with van der Waals surface area (Å²) in [6, 6.07) is 8.05. The molecule has 182 valence electrons. The van der Waals surface area contributed by atoms with Gasteiger partial charge in [0.25, 0.3) is 5.92 Å². The zero-order valence-electron chi connectivity index (χ0n) is 20.0. The summed E-state index contributed by atoms with van der Waals surface area (Å²) in [5.74, 6) is -2.53. The number of halogens is 2. The molecular weight excluding hydrogens is 440 g/mol. The quantitative estimate of drug-likeness (QED) is 0.521. The van der Waals surface area contributed by atoms with Crippen LogP contribution in [-0.4, -0.2) is 52.7 Å². The van der Waals surface area contributed by atoms with Crippen LogP contribution in [0, 0.1) is 6.92 Å². The summed E-state index contributed by atoms with van der Waals surface area (Å²) < 4.78 is 33.4. The first-order valence-electron chi connectivity index (χ1n) is 11.4. The van der Waals surface area contributed by atoms with Crippen LogP contribution in [0.4, 0.5) is 20.3 Å². The smallest absolute Gasteiger partial charge is 0.296 e. The molecule has 2 N–H and O–H groups in total. The number of benzene rings is 1. The lowest BCUT2D eigenvalue weighted by atomic mass is 9.93. The summed E-state index contributed by atoms with van der Waals surface area (Å²) >= 11 is 0. The molecule has 1 aliphatic heterocycles. The molecule has 3 heterocycles. The fraction of sp³-hybridized carbons (Fsp3) is 0.480. The number of anilines is 2. The molecule has 9 heteroatoms. The van der Waals surface area contributed by atoms with Gasteiger partial charge in [0.2, 0.25) is 0 Å². The maximum absolute atomic E-state index is 14.4. The minimum Gasteiger partial charge on any atom is -0.390 e. The monoisotopic (exact) mass is 471 g/mol. The van der Waals surface area contributed by atoms with E-state index in [0.29, 0.717) is 29.9 Å². The second-order valence-corrected chi connectivity index (χ2v) is 9.34. The molecule has 34 heavy (non-hydrogen) atoms. The summed E-state index contributed by atoms with van der Waals surface area (Å²) in [5, 5.41) is 23.0. The van der Waals surface area contributed by atoms with Gasteiger partial charge < -0.3 is 20.1 Å². The van der Waals surface area contributed by atoms with Gasteiger partial charge in [-0.2, -0.15) is 13.9 Å². The van der Waals surface area contributed by atoms with Gasteiger partial charge in [0.1, 0.15) is 6.61 Å². The van der Waals surface area contributed by atoms with Crippen LogP contribution in [0.1, 0.15) is 49.6 Å². The zero-order valence-corrected chi connectivity index (χ0v) is 20.0. The maximum atomic E-state index is 14.4. The van der Waals surface area contributed by atoms with E-state index >= 15 is 0 Å². The van der Waals surface area contributed by atoms with Crippen LogP contribution in [0.2, 0.25) is 0 Å². The molecule has 0 saturated carbocycles. The van der Waals surface area contributed by atoms with Crippen LogP contribution in [0.25, 0.3) is 10.9 Å². The van der Waals surface area contributed by atoms with Gasteiger partial charge in [0.15, 0.2) is 5.82 Å². The van der Waals surface area contributed by atoms with Crippen molar-refractivity contribution >= 4 is 22.4 Å². The molecule has 1 saturated heterocycles. The second kappa shape index (κ2) is 9.38. The molecular formula is C25H31F2N5O2. The van der Waals surface area contributed by atoms with Gasteiger partial charge in [0.05, 0.1) is 34.7 Å². The van der Waals surface area contributed by atoms with Crippen LogP contribution >= 0.6 is 0 Å². The third-order valence-electron chi connectivity index (χ3n) is 6.46. The van der Waals surface area contributed by atoms with Crippen molar-refractivity contribution in [2.45, 2.75) is 51.2 Å². The number of piperidine rings is 1. The van der Waals surface area contributed by atoms with Crippen LogP contribution in [0.5, 0.6) is 0 Å².